The van der Waals surface area contributed by atoms with Gasteiger partial charge in [0.2, 0.25) is 0 Å². The van der Waals surface area contributed by atoms with Gasteiger partial charge in [-0.05, 0) is 108 Å². The number of pyridine rings is 2. The van der Waals surface area contributed by atoms with Gasteiger partial charge in [-0.15, -0.1) is 0 Å². The van der Waals surface area contributed by atoms with Crippen molar-refractivity contribution in [1.29, 1.82) is 0 Å². The van der Waals surface area contributed by atoms with Crippen LogP contribution in [0.3, 0.4) is 0 Å². The van der Waals surface area contributed by atoms with Crippen LogP contribution in [0.25, 0.3) is 16.7 Å². The fourth-order valence-corrected chi connectivity index (χ4v) is 7.77. The third kappa shape index (κ3) is 8.43. The Kier molecular flexibility index (Phi) is 11.0. The van der Waals surface area contributed by atoms with Gasteiger partial charge in [0.1, 0.15) is 11.4 Å². The third-order valence-corrected chi connectivity index (χ3v) is 15.6. The Bertz CT molecular complexity index is 1830. The Morgan fingerprint density at radius 3 is 2.37 bits per heavy atom. The molecule has 0 radical (unpaired) electrons. The zero-order valence-corrected chi connectivity index (χ0v) is 34.1. The maximum Gasteiger partial charge on any atom is 0.410 e. The zero-order valence-electron chi connectivity index (χ0n) is 32.3. The molecule has 5 rings (SSSR count). The number of carbonyl (C=O) groups is 1. The van der Waals surface area contributed by atoms with E-state index in [0.717, 1.165) is 43.5 Å². The number of aryl methyl sites for hydroxylation is 2. The Hall–Kier alpha value is -3.09. The number of ether oxygens (including phenoxy) is 1. The highest BCUT2D eigenvalue weighted by Gasteiger charge is 2.46. The molecule has 13 heteroatoms. The Morgan fingerprint density at radius 1 is 1.08 bits per heavy atom. The van der Waals surface area contributed by atoms with E-state index in [0.29, 0.717) is 42.8 Å². The standard InChI is InChI=1S/C38H56ClFN6O4Si/c1-12-13-29-30(26(15-19-41-29)14-16-38(17-18-38)23-49-51(10,11)37(7,8)9)46-33-27(20-28(40)31(39)42-33)32(43-34(46)47)44-21-25(3)45(22-24(44)2)35(48)50-36(4,5)6/h15,19-20,24-25H,12-14,16-18,21-23H2,1-11H3/t24-,25+/m0/s1. The first-order valence-electron chi connectivity index (χ1n) is 18.3. The van der Waals surface area contributed by atoms with Crippen LogP contribution < -0.4 is 10.6 Å². The highest BCUT2D eigenvalue weighted by atomic mass is 35.5. The molecular weight excluding hydrogens is 687 g/mol. The van der Waals surface area contributed by atoms with Crippen LogP contribution >= 0.6 is 11.6 Å². The molecule has 280 valence electrons. The van der Waals surface area contributed by atoms with Gasteiger partial charge in [-0.1, -0.05) is 45.7 Å². The van der Waals surface area contributed by atoms with E-state index in [1.807, 2.05) is 45.6 Å². The number of fused-ring (bicyclic) bond motifs is 1. The summed E-state index contributed by atoms with van der Waals surface area (Å²) in [7, 11) is -1.91. The van der Waals surface area contributed by atoms with E-state index in [-0.39, 0.29) is 33.3 Å². The quantitative estimate of drug-likeness (QED) is 0.151. The smallest absolute Gasteiger partial charge is 0.410 e. The molecule has 10 nitrogen and oxygen atoms in total. The van der Waals surface area contributed by atoms with Gasteiger partial charge in [-0.2, -0.15) is 4.98 Å². The van der Waals surface area contributed by atoms with Crippen LogP contribution in [0.2, 0.25) is 23.3 Å². The number of aromatic nitrogens is 4. The first-order chi connectivity index (χ1) is 23.7. The van der Waals surface area contributed by atoms with Gasteiger partial charge in [0, 0.05) is 38.0 Å². The molecule has 1 saturated heterocycles. The monoisotopic (exact) mass is 742 g/mol. The lowest BCUT2D eigenvalue weighted by Crippen LogP contribution is -2.59. The topological polar surface area (TPSA) is 103 Å². The van der Waals surface area contributed by atoms with Crippen LogP contribution in [0.4, 0.5) is 15.0 Å². The van der Waals surface area contributed by atoms with Crippen molar-refractivity contribution in [3.8, 4) is 5.69 Å². The molecule has 2 aliphatic rings. The van der Waals surface area contributed by atoms with Crippen LogP contribution in [-0.2, 0) is 22.0 Å². The first kappa shape index (κ1) is 39.1. The number of halogens is 2. The molecule has 2 fully saturated rings. The van der Waals surface area contributed by atoms with Crippen LogP contribution in [0.5, 0.6) is 0 Å². The van der Waals surface area contributed by atoms with Crippen molar-refractivity contribution in [2.45, 2.75) is 137 Å². The van der Waals surface area contributed by atoms with Gasteiger partial charge < -0.3 is 19.0 Å². The van der Waals surface area contributed by atoms with Gasteiger partial charge in [0.15, 0.2) is 24.9 Å². The van der Waals surface area contributed by atoms with Gasteiger partial charge in [-0.3, -0.25) is 4.98 Å². The molecule has 1 saturated carbocycles. The van der Waals surface area contributed by atoms with Crippen LogP contribution in [0, 0.1) is 11.2 Å². The molecule has 0 unspecified atom stereocenters. The van der Waals surface area contributed by atoms with Crippen molar-refractivity contribution in [3.05, 3.63) is 51.0 Å². The SMILES string of the molecule is CCCc1nccc(CCC2(CO[Si](C)(C)C(C)(C)C)CC2)c1-n1c(=O)nc(N2C[C@@H](C)N(C(=O)OC(C)(C)C)C[C@@H]2C)c2cc(F)c(Cl)nc21. The lowest BCUT2D eigenvalue weighted by Gasteiger charge is -2.44. The molecule has 1 amide bonds. The lowest BCUT2D eigenvalue weighted by molar-refractivity contribution is 0.0130. The van der Waals surface area contributed by atoms with Gasteiger partial charge >= 0.3 is 11.8 Å². The number of hydrogen-bond donors (Lipinski definition) is 0. The second-order valence-corrected chi connectivity index (χ2v) is 22.4. The second-order valence-electron chi connectivity index (χ2n) is 17.2. The molecule has 1 aliphatic heterocycles. The van der Waals surface area contributed by atoms with Crippen molar-refractivity contribution in [1.82, 2.24) is 24.4 Å². The molecule has 51 heavy (non-hydrogen) atoms. The number of amides is 1. The summed E-state index contributed by atoms with van der Waals surface area (Å²) < 4.78 is 29.1. The molecule has 1 aliphatic carbocycles. The molecule has 2 atom stereocenters. The number of carbonyl (C=O) groups excluding carboxylic acids is 1. The average Bonchev–Trinajstić information content (AvgIpc) is 3.80. The Labute approximate surface area is 308 Å². The van der Waals surface area contributed by atoms with Crippen molar-refractivity contribution in [3.63, 3.8) is 0 Å². The summed E-state index contributed by atoms with van der Waals surface area (Å²) in [5.41, 5.74) is 1.50. The summed E-state index contributed by atoms with van der Waals surface area (Å²) in [4.78, 5) is 44.9. The molecule has 0 spiro atoms. The number of hydrogen-bond acceptors (Lipinski definition) is 8. The molecule has 3 aromatic rings. The molecule has 0 N–H and O–H groups in total. The number of anilines is 1. The van der Waals surface area contributed by atoms with Crippen molar-refractivity contribution < 1.29 is 18.3 Å². The largest absolute Gasteiger partial charge is 0.444 e. The van der Waals surface area contributed by atoms with E-state index >= 15 is 4.39 Å². The van der Waals surface area contributed by atoms with Crippen LogP contribution in [-0.4, -0.2) is 76.2 Å². The Balaban J connectivity index is 1.55. The summed E-state index contributed by atoms with van der Waals surface area (Å²) in [6, 6.07) is 2.76. The van der Waals surface area contributed by atoms with Crippen LogP contribution in [0.1, 0.15) is 99.3 Å². The molecule has 4 heterocycles. The summed E-state index contributed by atoms with van der Waals surface area (Å²) >= 11 is 6.35. The van der Waals surface area contributed by atoms with Gasteiger partial charge in [0.25, 0.3) is 0 Å². The van der Waals surface area contributed by atoms with E-state index in [4.69, 9.17) is 25.7 Å². The van der Waals surface area contributed by atoms with Crippen molar-refractivity contribution in [2.75, 3.05) is 24.6 Å². The number of rotatable bonds is 10. The van der Waals surface area contributed by atoms with Gasteiger partial charge in [-0.25, -0.2) is 23.5 Å². The molecule has 0 aromatic carbocycles. The molecule has 0 bridgehead atoms. The third-order valence-electron chi connectivity index (χ3n) is 10.9. The maximum atomic E-state index is 15.3. The van der Waals surface area contributed by atoms with E-state index in [1.165, 1.54) is 10.6 Å². The van der Waals surface area contributed by atoms with E-state index in [2.05, 4.69) is 50.8 Å². The maximum absolute atomic E-state index is 15.3. The van der Waals surface area contributed by atoms with Crippen molar-refractivity contribution >= 4 is 42.9 Å². The second kappa shape index (κ2) is 14.4. The minimum Gasteiger partial charge on any atom is -0.444 e. The lowest BCUT2D eigenvalue weighted by atomic mass is 9.96. The number of piperazine rings is 1. The summed E-state index contributed by atoms with van der Waals surface area (Å²) in [6.07, 6.45) is 6.68. The average molecular weight is 743 g/mol. The van der Waals surface area contributed by atoms with E-state index in [1.54, 1.807) is 11.1 Å². The number of nitrogens with zero attached hydrogens (tertiary/aromatic N) is 6. The van der Waals surface area contributed by atoms with Crippen molar-refractivity contribution in [2.24, 2.45) is 5.41 Å². The van der Waals surface area contributed by atoms with E-state index < -0.39 is 31.5 Å². The highest BCUT2D eigenvalue weighted by molar-refractivity contribution is 6.74. The minimum absolute atomic E-state index is 0.106. The predicted octanol–water partition coefficient (Wildman–Crippen LogP) is 8.49. The predicted molar refractivity (Wildman–Crippen MR) is 204 cm³/mol. The summed E-state index contributed by atoms with van der Waals surface area (Å²) in [5.74, 6) is -0.400. The first-order valence-corrected chi connectivity index (χ1v) is 21.6. The normalized spacial score (nSPS) is 19.5. The summed E-state index contributed by atoms with van der Waals surface area (Å²) in [6.45, 7) is 24.2. The van der Waals surface area contributed by atoms with Crippen LogP contribution in [0.15, 0.2) is 23.1 Å². The molecule has 3 aromatic heterocycles. The fraction of sp³-hybridized carbons (Fsp3) is 0.658. The zero-order chi connectivity index (χ0) is 37.7. The van der Waals surface area contributed by atoms with Gasteiger partial charge in [0.05, 0.1) is 16.8 Å². The molecular formula is C38H56ClFN6O4Si. The van der Waals surface area contributed by atoms with E-state index in [9.17, 15) is 9.59 Å². The summed E-state index contributed by atoms with van der Waals surface area (Å²) in [5, 5.41) is 0.165. The highest BCUT2D eigenvalue weighted by Crippen LogP contribution is 2.51. The fourth-order valence-electron chi connectivity index (χ4n) is 6.53. The Morgan fingerprint density at radius 2 is 1.76 bits per heavy atom. The minimum atomic E-state index is -1.91.